The molecule has 0 saturated heterocycles. The normalized spacial score (nSPS) is 9.50. The van der Waals surface area contributed by atoms with Crippen molar-refractivity contribution in [3.8, 4) is 11.8 Å². The second-order valence-electron chi connectivity index (χ2n) is 3.89. The smallest absolute Gasteiger partial charge is 0.255 e. The van der Waals surface area contributed by atoms with Crippen LogP contribution >= 0.6 is 11.6 Å². The summed E-state index contributed by atoms with van der Waals surface area (Å²) in [5.74, 6) is 5.40. The van der Waals surface area contributed by atoms with Crippen molar-refractivity contribution in [2.24, 2.45) is 5.73 Å². The average molecular weight is 286 g/mol. The fourth-order valence-electron chi connectivity index (χ4n) is 1.57. The van der Waals surface area contributed by atoms with Gasteiger partial charge in [-0.15, -0.1) is 0 Å². The van der Waals surface area contributed by atoms with Crippen LogP contribution in [-0.4, -0.2) is 17.4 Å². The van der Waals surface area contributed by atoms with E-state index < -0.39 is 0 Å². The molecule has 1 aromatic heterocycles. The van der Waals surface area contributed by atoms with Crippen molar-refractivity contribution >= 4 is 23.2 Å². The summed E-state index contributed by atoms with van der Waals surface area (Å²) < 4.78 is 0. The third-order valence-corrected chi connectivity index (χ3v) is 2.73. The van der Waals surface area contributed by atoms with Gasteiger partial charge in [0.15, 0.2) is 0 Å². The van der Waals surface area contributed by atoms with E-state index in [0.717, 1.165) is 0 Å². The van der Waals surface area contributed by atoms with Gasteiger partial charge in [0.1, 0.15) is 0 Å². The minimum Gasteiger partial charge on any atom is -0.321 e. The van der Waals surface area contributed by atoms with Crippen LogP contribution in [0.2, 0.25) is 5.02 Å². The topological polar surface area (TPSA) is 68.0 Å². The summed E-state index contributed by atoms with van der Waals surface area (Å²) in [6.07, 6.45) is 3.12. The highest BCUT2D eigenvalue weighted by molar-refractivity contribution is 6.31. The Hall–Kier alpha value is -2.35. The van der Waals surface area contributed by atoms with E-state index in [9.17, 15) is 4.79 Å². The number of pyridine rings is 1. The van der Waals surface area contributed by atoms with Crippen LogP contribution in [0.15, 0.2) is 42.7 Å². The Balaban J connectivity index is 2.28. The highest BCUT2D eigenvalue weighted by Crippen LogP contribution is 2.21. The van der Waals surface area contributed by atoms with Gasteiger partial charge in [-0.3, -0.25) is 9.78 Å². The van der Waals surface area contributed by atoms with Crippen LogP contribution in [0.1, 0.15) is 15.9 Å². The molecule has 0 radical (unpaired) electrons. The number of halogens is 1. The molecule has 100 valence electrons. The Morgan fingerprint density at radius 1 is 1.30 bits per heavy atom. The Morgan fingerprint density at radius 2 is 2.05 bits per heavy atom. The highest BCUT2D eigenvalue weighted by atomic mass is 35.5. The first-order chi connectivity index (χ1) is 9.70. The minimum atomic E-state index is -0.245. The maximum absolute atomic E-state index is 12.1. The number of benzene rings is 1. The van der Waals surface area contributed by atoms with Crippen molar-refractivity contribution in [3.05, 3.63) is 58.9 Å². The zero-order valence-electron chi connectivity index (χ0n) is 10.6. The minimum absolute atomic E-state index is 0.245. The molecular weight excluding hydrogens is 274 g/mol. The Labute approximate surface area is 122 Å². The molecule has 0 spiro atoms. The number of aromatic nitrogens is 1. The molecule has 1 amide bonds. The van der Waals surface area contributed by atoms with E-state index in [4.69, 9.17) is 17.3 Å². The van der Waals surface area contributed by atoms with E-state index in [2.05, 4.69) is 22.1 Å². The van der Waals surface area contributed by atoms with Gasteiger partial charge >= 0.3 is 0 Å². The third kappa shape index (κ3) is 3.58. The Kier molecular flexibility index (Phi) is 4.72. The highest BCUT2D eigenvalue weighted by Gasteiger charge is 2.08. The van der Waals surface area contributed by atoms with Crippen LogP contribution in [0.25, 0.3) is 0 Å². The van der Waals surface area contributed by atoms with Crippen molar-refractivity contribution in [1.29, 1.82) is 0 Å². The van der Waals surface area contributed by atoms with Crippen molar-refractivity contribution in [2.45, 2.75) is 0 Å². The van der Waals surface area contributed by atoms with Crippen LogP contribution in [0.3, 0.4) is 0 Å². The quantitative estimate of drug-likeness (QED) is 0.832. The maximum Gasteiger partial charge on any atom is 0.255 e. The largest absolute Gasteiger partial charge is 0.321 e. The number of nitrogens with two attached hydrogens (primary N) is 1. The summed E-state index contributed by atoms with van der Waals surface area (Å²) in [5.41, 5.74) is 7.09. The lowest BCUT2D eigenvalue weighted by molar-refractivity contribution is 0.102. The van der Waals surface area contributed by atoms with Crippen LogP contribution in [0, 0.1) is 11.8 Å². The summed E-state index contributed by atoms with van der Waals surface area (Å²) in [6.45, 7) is 0.250. The number of nitrogens with zero attached hydrogens (tertiary/aromatic N) is 1. The number of nitrogens with one attached hydrogen (secondary N) is 1. The van der Waals surface area contributed by atoms with E-state index in [0.29, 0.717) is 21.8 Å². The maximum atomic E-state index is 12.1. The number of carbonyl (C=O) groups is 1. The molecule has 5 heteroatoms. The van der Waals surface area contributed by atoms with Crippen molar-refractivity contribution in [2.75, 3.05) is 11.9 Å². The van der Waals surface area contributed by atoms with Gasteiger partial charge in [0.05, 0.1) is 12.2 Å². The summed E-state index contributed by atoms with van der Waals surface area (Å²) >= 11 is 5.95. The van der Waals surface area contributed by atoms with E-state index in [1.54, 1.807) is 42.7 Å². The zero-order valence-corrected chi connectivity index (χ0v) is 11.3. The first-order valence-electron chi connectivity index (χ1n) is 5.90. The molecule has 0 saturated carbocycles. The molecule has 0 unspecified atom stereocenters. The second-order valence-corrected chi connectivity index (χ2v) is 4.32. The SMILES string of the molecule is NCC#Cc1ccc(Cl)cc1NC(=O)c1ccncc1. The Bertz CT molecular complexity index is 675. The fraction of sp³-hybridized carbons (Fsp3) is 0.0667. The molecule has 0 bridgehead atoms. The molecule has 3 N–H and O–H groups in total. The first kappa shape index (κ1) is 14.1. The van der Waals surface area contributed by atoms with Crippen LogP contribution < -0.4 is 11.1 Å². The van der Waals surface area contributed by atoms with E-state index in [1.165, 1.54) is 0 Å². The molecule has 0 atom stereocenters. The lowest BCUT2D eigenvalue weighted by Gasteiger charge is -2.08. The number of amides is 1. The van der Waals surface area contributed by atoms with Crippen LogP contribution in [-0.2, 0) is 0 Å². The van der Waals surface area contributed by atoms with E-state index >= 15 is 0 Å². The van der Waals surface area contributed by atoms with Crippen molar-refractivity contribution in [3.63, 3.8) is 0 Å². The number of hydrogen-bond donors (Lipinski definition) is 2. The zero-order chi connectivity index (χ0) is 14.4. The molecule has 2 aromatic rings. The van der Waals surface area contributed by atoms with Crippen molar-refractivity contribution in [1.82, 2.24) is 4.98 Å². The summed E-state index contributed by atoms with van der Waals surface area (Å²) in [4.78, 5) is 16.0. The fourth-order valence-corrected chi connectivity index (χ4v) is 1.75. The standard InChI is InChI=1S/C15H12ClN3O/c16-13-4-3-11(2-1-7-17)14(10-13)19-15(20)12-5-8-18-9-6-12/h3-6,8-10H,7,17H2,(H,19,20). The summed E-state index contributed by atoms with van der Waals surface area (Å²) in [7, 11) is 0. The van der Waals surface area contributed by atoms with Crippen molar-refractivity contribution < 1.29 is 4.79 Å². The van der Waals surface area contributed by atoms with Gasteiger partial charge in [0, 0.05) is 28.5 Å². The number of carbonyl (C=O) groups excluding carboxylic acids is 1. The molecule has 20 heavy (non-hydrogen) atoms. The Morgan fingerprint density at radius 3 is 2.75 bits per heavy atom. The summed E-state index contributed by atoms with van der Waals surface area (Å²) in [6, 6.07) is 8.37. The van der Waals surface area contributed by atoms with Gasteiger partial charge in [-0.25, -0.2) is 0 Å². The van der Waals surface area contributed by atoms with Crippen LogP contribution in [0.4, 0.5) is 5.69 Å². The molecule has 0 aliphatic rings. The second kappa shape index (κ2) is 6.71. The summed E-state index contributed by atoms with van der Waals surface area (Å²) in [5, 5.41) is 3.30. The molecule has 0 aliphatic heterocycles. The molecular formula is C15H12ClN3O. The molecule has 0 aliphatic carbocycles. The van der Waals surface area contributed by atoms with Gasteiger partial charge in [0.2, 0.25) is 0 Å². The van der Waals surface area contributed by atoms with E-state index in [-0.39, 0.29) is 12.5 Å². The van der Waals surface area contributed by atoms with Gasteiger partial charge < -0.3 is 11.1 Å². The number of rotatable bonds is 2. The average Bonchev–Trinajstić information content (AvgIpc) is 2.47. The first-order valence-corrected chi connectivity index (χ1v) is 6.28. The van der Waals surface area contributed by atoms with Gasteiger partial charge in [-0.2, -0.15) is 0 Å². The predicted octanol–water partition coefficient (Wildman–Crippen LogP) is 2.30. The molecule has 1 heterocycles. The monoisotopic (exact) mass is 285 g/mol. The molecule has 1 aromatic carbocycles. The number of anilines is 1. The lowest BCUT2D eigenvalue weighted by atomic mass is 10.1. The lowest BCUT2D eigenvalue weighted by Crippen LogP contribution is -2.12. The van der Waals surface area contributed by atoms with Crippen LogP contribution in [0.5, 0.6) is 0 Å². The third-order valence-electron chi connectivity index (χ3n) is 2.50. The molecule has 4 nitrogen and oxygen atoms in total. The molecule has 0 fully saturated rings. The number of hydrogen-bond acceptors (Lipinski definition) is 3. The van der Waals surface area contributed by atoms with Gasteiger partial charge in [-0.05, 0) is 30.3 Å². The van der Waals surface area contributed by atoms with Gasteiger partial charge in [-0.1, -0.05) is 23.4 Å². The van der Waals surface area contributed by atoms with Gasteiger partial charge in [0.25, 0.3) is 5.91 Å². The van der Waals surface area contributed by atoms with E-state index in [1.807, 2.05) is 0 Å². The molecule has 2 rings (SSSR count). The predicted molar refractivity (Wildman–Crippen MR) is 79.6 cm³/mol.